The van der Waals surface area contributed by atoms with Crippen molar-refractivity contribution in [2.75, 3.05) is 0 Å². The highest BCUT2D eigenvalue weighted by Gasteiger charge is 1.95. The molecule has 0 saturated carbocycles. The molecule has 0 aliphatic rings. The van der Waals surface area contributed by atoms with Gasteiger partial charge >= 0.3 is 0 Å². The van der Waals surface area contributed by atoms with Gasteiger partial charge in [-0.3, -0.25) is 0 Å². The molecule has 1 aromatic rings. The Labute approximate surface area is 96.6 Å². The van der Waals surface area contributed by atoms with Gasteiger partial charge in [-0.1, -0.05) is 54.4 Å². The van der Waals surface area contributed by atoms with Gasteiger partial charge in [-0.2, -0.15) is 0 Å². The fourth-order valence-corrected chi connectivity index (χ4v) is 1.47. The summed E-state index contributed by atoms with van der Waals surface area (Å²) >= 11 is 0. The van der Waals surface area contributed by atoms with Gasteiger partial charge < -0.3 is 0 Å². The molecule has 0 amide bonds. The molecule has 2 atom stereocenters. The standard InChI is InChI=1S/C13H16P2/c1-3-11(5-4-10(2)14)12-6-8-13(15)9-7-12/h3-9H,1,14-15H2,2H3/b10-4+,11-5+. The summed E-state index contributed by atoms with van der Waals surface area (Å²) in [6.45, 7) is 5.88. The Balaban J connectivity index is 3.02. The Morgan fingerprint density at radius 1 is 1.20 bits per heavy atom. The smallest absolute Gasteiger partial charge is 0.0184 e. The Morgan fingerprint density at radius 3 is 2.27 bits per heavy atom. The van der Waals surface area contributed by atoms with Crippen molar-refractivity contribution in [1.82, 2.24) is 0 Å². The van der Waals surface area contributed by atoms with Crippen molar-refractivity contribution in [3.8, 4) is 0 Å². The molecule has 0 aliphatic carbocycles. The summed E-state index contributed by atoms with van der Waals surface area (Å²) in [5.41, 5.74) is 2.33. The third kappa shape index (κ3) is 4.12. The quantitative estimate of drug-likeness (QED) is 0.554. The van der Waals surface area contributed by atoms with Gasteiger partial charge in [0, 0.05) is 0 Å². The van der Waals surface area contributed by atoms with Crippen LogP contribution in [0.2, 0.25) is 0 Å². The average Bonchev–Trinajstić information content (AvgIpc) is 2.21. The van der Waals surface area contributed by atoms with Crippen LogP contribution in [0.15, 0.2) is 54.4 Å². The van der Waals surface area contributed by atoms with Gasteiger partial charge in [0.15, 0.2) is 0 Å². The highest BCUT2D eigenvalue weighted by molar-refractivity contribution is 7.27. The molecule has 78 valence electrons. The molecule has 0 heterocycles. The van der Waals surface area contributed by atoms with E-state index in [1.807, 2.05) is 13.0 Å². The van der Waals surface area contributed by atoms with Gasteiger partial charge in [-0.25, -0.2) is 0 Å². The van der Waals surface area contributed by atoms with Gasteiger partial charge in [0.05, 0.1) is 0 Å². The van der Waals surface area contributed by atoms with Crippen molar-refractivity contribution in [1.29, 1.82) is 0 Å². The first kappa shape index (κ1) is 12.4. The summed E-state index contributed by atoms with van der Waals surface area (Å²) in [7, 11) is 5.35. The number of benzene rings is 1. The molecule has 0 saturated heterocycles. The largest absolute Gasteiger partial charge is 0.110 e. The first-order valence-corrected chi connectivity index (χ1v) is 5.91. The molecule has 0 radical (unpaired) electrons. The molecule has 0 aliphatic heterocycles. The minimum Gasteiger partial charge on any atom is -0.110 e. The van der Waals surface area contributed by atoms with Crippen molar-refractivity contribution in [2.24, 2.45) is 0 Å². The zero-order chi connectivity index (χ0) is 11.3. The molecule has 0 nitrogen and oxygen atoms in total. The monoisotopic (exact) mass is 234 g/mol. The highest BCUT2D eigenvalue weighted by atomic mass is 31.0. The molecular weight excluding hydrogens is 218 g/mol. The van der Waals surface area contributed by atoms with Crippen molar-refractivity contribution < 1.29 is 0 Å². The zero-order valence-corrected chi connectivity index (χ0v) is 11.2. The lowest BCUT2D eigenvalue weighted by molar-refractivity contribution is 1.63. The topological polar surface area (TPSA) is 0 Å². The Morgan fingerprint density at radius 2 is 1.80 bits per heavy atom. The highest BCUT2D eigenvalue weighted by Crippen LogP contribution is 2.16. The van der Waals surface area contributed by atoms with Crippen molar-refractivity contribution >= 4 is 29.4 Å². The fraction of sp³-hybridized carbons (Fsp3) is 0.0769. The van der Waals surface area contributed by atoms with E-state index in [0.29, 0.717) is 0 Å². The lowest BCUT2D eigenvalue weighted by Crippen LogP contribution is -1.89. The second kappa shape index (κ2) is 6.01. The summed E-state index contributed by atoms with van der Waals surface area (Å²) in [6.07, 6.45) is 6.02. The van der Waals surface area contributed by atoms with Crippen LogP contribution >= 0.6 is 18.5 Å². The molecule has 1 rings (SSSR count). The van der Waals surface area contributed by atoms with E-state index >= 15 is 0 Å². The average molecular weight is 234 g/mol. The lowest BCUT2D eigenvalue weighted by Gasteiger charge is -2.01. The summed E-state index contributed by atoms with van der Waals surface area (Å²) in [6, 6.07) is 8.35. The molecule has 2 unspecified atom stereocenters. The maximum atomic E-state index is 3.83. The van der Waals surface area contributed by atoms with Gasteiger partial charge in [0.2, 0.25) is 0 Å². The summed E-state index contributed by atoms with van der Waals surface area (Å²) in [5.74, 6) is 0. The maximum Gasteiger partial charge on any atom is -0.0184 e. The molecule has 0 spiro atoms. The van der Waals surface area contributed by atoms with Gasteiger partial charge in [-0.15, -0.1) is 18.5 Å². The zero-order valence-electron chi connectivity index (χ0n) is 8.90. The van der Waals surface area contributed by atoms with Crippen molar-refractivity contribution in [2.45, 2.75) is 6.92 Å². The molecule has 0 aromatic heterocycles. The second-order valence-electron chi connectivity index (χ2n) is 3.36. The minimum atomic E-state index is 1.14. The predicted octanol–water partition coefficient (Wildman–Crippen LogP) is 3.54. The first-order valence-electron chi connectivity index (χ1n) is 4.76. The molecule has 1 aromatic carbocycles. The van der Waals surface area contributed by atoms with Gasteiger partial charge in [-0.05, 0) is 23.4 Å². The van der Waals surface area contributed by atoms with Crippen LogP contribution in [0, 0.1) is 0 Å². The van der Waals surface area contributed by atoms with E-state index in [0.717, 1.165) is 5.57 Å². The number of allylic oxidation sites excluding steroid dienone is 5. The molecule has 0 fully saturated rings. The number of hydrogen-bond donors (Lipinski definition) is 0. The SMILES string of the molecule is C=C/C(=C\C=C(/C)P)c1ccc(P)cc1. The molecular formula is C13H16P2. The predicted molar refractivity (Wildman–Crippen MR) is 77.4 cm³/mol. The minimum absolute atomic E-state index is 1.14. The van der Waals surface area contributed by atoms with Crippen LogP contribution in [0.4, 0.5) is 0 Å². The van der Waals surface area contributed by atoms with Crippen LogP contribution in [0.1, 0.15) is 12.5 Å². The molecule has 0 N–H and O–H groups in total. The van der Waals surface area contributed by atoms with Gasteiger partial charge in [0.1, 0.15) is 0 Å². The van der Waals surface area contributed by atoms with Crippen LogP contribution in [-0.4, -0.2) is 0 Å². The molecule has 0 bridgehead atoms. The Bertz CT molecular complexity index is 393. The Kier molecular flexibility index (Phi) is 4.95. The summed E-state index contributed by atoms with van der Waals surface area (Å²) in [4.78, 5) is 0. The molecule has 15 heavy (non-hydrogen) atoms. The third-order valence-corrected chi connectivity index (χ3v) is 2.57. The summed E-state index contributed by atoms with van der Waals surface area (Å²) < 4.78 is 0. The Hall–Kier alpha value is -0.700. The fourth-order valence-electron chi connectivity index (χ4n) is 1.18. The van der Waals surface area contributed by atoms with Crippen LogP contribution in [0.25, 0.3) is 5.57 Å². The van der Waals surface area contributed by atoms with E-state index in [-0.39, 0.29) is 0 Å². The lowest BCUT2D eigenvalue weighted by atomic mass is 10.1. The van der Waals surface area contributed by atoms with Gasteiger partial charge in [0.25, 0.3) is 0 Å². The van der Waals surface area contributed by atoms with E-state index < -0.39 is 0 Å². The normalized spacial score (nSPS) is 12.7. The number of hydrogen-bond acceptors (Lipinski definition) is 0. The van der Waals surface area contributed by atoms with E-state index in [4.69, 9.17) is 0 Å². The van der Waals surface area contributed by atoms with Crippen LogP contribution in [0.3, 0.4) is 0 Å². The second-order valence-corrected chi connectivity index (χ2v) is 4.94. The number of rotatable bonds is 3. The van der Waals surface area contributed by atoms with Crippen molar-refractivity contribution in [3.05, 3.63) is 60.0 Å². The maximum absolute atomic E-state index is 3.83. The summed E-state index contributed by atoms with van der Waals surface area (Å²) in [5, 5.41) is 2.40. The van der Waals surface area contributed by atoms with E-state index in [1.165, 1.54) is 16.2 Å². The van der Waals surface area contributed by atoms with E-state index in [1.54, 1.807) is 0 Å². The first-order chi connectivity index (χ1) is 7.13. The van der Waals surface area contributed by atoms with E-state index in [2.05, 4.69) is 61.5 Å². The van der Waals surface area contributed by atoms with Crippen molar-refractivity contribution in [3.63, 3.8) is 0 Å². The third-order valence-electron chi connectivity index (χ3n) is 1.99. The van der Waals surface area contributed by atoms with Crippen LogP contribution in [0.5, 0.6) is 0 Å². The van der Waals surface area contributed by atoms with Crippen LogP contribution < -0.4 is 5.30 Å². The van der Waals surface area contributed by atoms with E-state index in [9.17, 15) is 0 Å². The van der Waals surface area contributed by atoms with Crippen LogP contribution in [-0.2, 0) is 0 Å². The molecule has 2 heteroatoms.